The van der Waals surface area contributed by atoms with Crippen LogP contribution in [0, 0.1) is 16.0 Å². The lowest BCUT2D eigenvalue weighted by atomic mass is 9.68. The fourth-order valence-electron chi connectivity index (χ4n) is 6.53. The van der Waals surface area contributed by atoms with Crippen molar-refractivity contribution >= 4 is 39.0 Å². The Balaban J connectivity index is 1.61. The van der Waals surface area contributed by atoms with Crippen LogP contribution >= 0.6 is 15.9 Å². The van der Waals surface area contributed by atoms with Crippen LogP contribution < -0.4 is 5.32 Å². The molecule has 7 nitrogen and oxygen atoms in total. The van der Waals surface area contributed by atoms with E-state index >= 15 is 0 Å². The highest BCUT2D eigenvalue weighted by Gasteiger charge is 2.69. The number of fused-ring (bicyclic) bond motifs is 4. The molecule has 0 radical (unpaired) electrons. The SMILES string of the molecule is O=C(c1ccc(Br)cc1)C1C(c2cccc([N+](=O)[O-])c2)C2CCCN2[C@@]12C(=O)Nc1ccccc12. The summed E-state index contributed by atoms with van der Waals surface area (Å²) in [7, 11) is 0. The van der Waals surface area contributed by atoms with Gasteiger partial charge in [-0.15, -0.1) is 0 Å². The van der Waals surface area contributed by atoms with E-state index in [1.54, 1.807) is 24.3 Å². The number of nitro groups is 1. The molecule has 4 atom stereocenters. The van der Waals surface area contributed by atoms with Gasteiger partial charge in [0.2, 0.25) is 5.91 Å². The number of para-hydroxylation sites is 1. The molecule has 3 aromatic carbocycles. The van der Waals surface area contributed by atoms with Crippen LogP contribution in [0.25, 0.3) is 0 Å². The molecule has 1 N–H and O–H groups in total. The van der Waals surface area contributed by atoms with Crippen molar-refractivity contribution in [2.75, 3.05) is 11.9 Å². The standard InChI is InChI=1S/C27H22BrN3O4/c28-18-12-10-16(11-13-18)25(32)24-23(17-5-3-6-19(15-17)31(34)35)22-9-4-14-30(22)27(24)20-7-1-2-8-21(20)29-26(27)33/h1-3,5-8,10-13,15,22-24H,4,9,14H2,(H,29,33)/t22?,23?,24?,27-/m1/s1. The fraction of sp³-hybridized carbons (Fsp3) is 0.259. The number of rotatable bonds is 4. The van der Waals surface area contributed by atoms with Crippen molar-refractivity contribution < 1.29 is 14.5 Å². The molecule has 35 heavy (non-hydrogen) atoms. The number of carbonyl (C=O) groups is 2. The Kier molecular flexibility index (Phi) is 5.12. The summed E-state index contributed by atoms with van der Waals surface area (Å²) < 4.78 is 0.856. The molecule has 3 aliphatic rings. The number of carbonyl (C=O) groups excluding carboxylic acids is 2. The van der Waals surface area contributed by atoms with Crippen LogP contribution in [0.3, 0.4) is 0 Å². The van der Waals surface area contributed by atoms with Crippen molar-refractivity contribution in [2.45, 2.75) is 30.3 Å². The Morgan fingerprint density at radius 1 is 1.09 bits per heavy atom. The van der Waals surface area contributed by atoms with Crippen LogP contribution in [0.4, 0.5) is 11.4 Å². The van der Waals surface area contributed by atoms with E-state index in [0.29, 0.717) is 12.1 Å². The zero-order valence-corrected chi connectivity index (χ0v) is 20.3. The van der Waals surface area contributed by atoms with Gasteiger partial charge in [-0.1, -0.05) is 58.4 Å². The number of nitrogens with zero attached hydrogens (tertiary/aromatic N) is 2. The van der Waals surface area contributed by atoms with Crippen molar-refractivity contribution in [2.24, 2.45) is 5.92 Å². The molecule has 8 heteroatoms. The quantitative estimate of drug-likeness (QED) is 0.281. The van der Waals surface area contributed by atoms with E-state index in [9.17, 15) is 19.7 Å². The van der Waals surface area contributed by atoms with Gasteiger partial charge in [-0.05, 0) is 43.1 Å². The van der Waals surface area contributed by atoms with Crippen molar-refractivity contribution in [3.63, 3.8) is 0 Å². The Hall–Kier alpha value is -3.36. The van der Waals surface area contributed by atoms with E-state index < -0.39 is 16.4 Å². The first-order valence-corrected chi connectivity index (χ1v) is 12.4. The number of hydrogen-bond acceptors (Lipinski definition) is 5. The predicted octanol–water partition coefficient (Wildman–Crippen LogP) is 5.27. The molecule has 3 aliphatic heterocycles. The second-order valence-electron chi connectivity index (χ2n) is 9.40. The first-order chi connectivity index (χ1) is 16.9. The Labute approximate surface area is 210 Å². The van der Waals surface area contributed by atoms with Crippen molar-refractivity contribution in [1.82, 2.24) is 4.90 Å². The minimum absolute atomic E-state index is 0.0147. The number of amides is 1. The molecular weight excluding hydrogens is 510 g/mol. The summed E-state index contributed by atoms with van der Waals surface area (Å²) in [5.74, 6) is -1.44. The summed E-state index contributed by atoms with van der Waals surface area (Å²) >= 11 is 3.43. The van der Waals surface area contributed by atoms with Gasteiger partial charge in [0.05, 0.1) is 10.8 Å². The lowest BCUT2D eigenvalue weighted by Crippen LogP contribution is -2.52. The molecule has 3 heterocycles. The van der Waals surface area contributed by atoms with Crippen molar-refractivity contribution in [1.29, 1.82) is 0 Å². The van der Waals surface area contributed by atoms with Gasteiger partial charge in [-0.25, -0.2) is 0 Å². The molecule has 2 saturated heterocycles. The molecule has 0 aromatic heterocycles. The van der Waals surface area contributed by atoms with Gasteiger partial charge in [0, 0.05) is 45.4 Å². The normalized spacial score (nSPS) is 27.0. The Bertz CT molecular complexity index is 1370. The first-order valence-electron chi connectivity index (χ1n) is 11.6. The minimum atomic E-state index is -1.17. The van der Waals surface area contributed by atoms with Crippen LogP contribution in [0.5, 0.6) is 0 Å². The van der Waals surface area contributed by atoms with Gasteiger partial charge in [0.15, 0.2) is 5.78 Å². The highest BCUT2D eigenvalue weighted by Crippen LogP contribution is 2.61. The molecule has 3 unspecified atom stereocenters. The Morgan fingerprint density at radius 2 is 1.86 bits per heavy atom. The number of hydrogen-bond donors (Lipinski definition) is 1. The smallest absolute Gasteiger partial charge is 0.269 e. The summed E-state index contributed by atoms with van der Waals surface area (Å²) in [5, 5.41) is 14.6. The molecule has 176 valence electrons. The lowest BCUT2D eigenvalue weighted by Gasteiger charge is -2.36. The van der Waals surface area contributed by atoms with Crippen LogP contribution in [0.2, 0.25) is 0 Å². The maximum Gasteiger partial charge on any atom is 0.269 e. The molecule has 6 rings (SSSR count). The first kappa shape index (κ1) is 22.1. The highest BCUT2D eigenvalue weighted by molar-refractivity contribution is 9.10. The third kappa shape index (κ3) is 3.13. The molecule has 3 aromatic rings. The number of nitro benzene ring substituents is 1. The molecular formula is C27H22BrN3O4. The second kappa shape index (κ2) is 8.10. The van der Waals surface area contributed by atoms with Crippen LogP contribution in [0.15, 0.2) is 77.3 Å². The van der Waals surface area contributed by atoms with Gasteiger partial charge in [-0.3, -0.25) is 24.6 Å². The average Bonchev–Trinajstić information content (AvgIpc) is 3.52. The van der Waals surface area contributed by atoms with E-state index in [2.05, 4.69) is 26.1 Å². The third-order valence-electron chi connectivity index (χ3n) is 7.79. The zero-order valence-electron chi connectivity index (χ0n) is 18.7. The number of anilines is 1. The molecule has 0 saturated carbocycles. The van der Waals surface area contributed by atoms with Gasteiger partial charge in [0.25, 0.3) is 5.69 Å². The monoisotopic (exact) mass is 531 g/mol. The third-order valence-corrected chi connectivity index (χ3v) is 8.31. The zero-order chi connectivity index (χ0) is 24.3. The second-order valence-corrected chi connectivity index (χ2v) is 10.3. The summed E-state index contributed by atoms with van der Waals surface area (Å²) in [4.78, 5) is 41.7. The van der Waals surface area contributed by atoms with Crippen LogP contribution in [-0.4, -0.2) is 34.1 Å². The summed E-state index contributed by atoms with van der Waals surface area (Å²) in [6.45, 7) is 0.683. The Morgan fingerprint density at radius 3 is 2.63 bits per heavy atom. The number of ketones is 1. The number of benzene rings is 3. The largest absolute Gasteiger partial charge is 0.324 e. The molecule has 1 spiro atoms. The lowest BCUT2D eigenvalue weighted by molar-refractivity contribution is -0.384. The molecule has 0 bridgehead atoms. The van der Waals surface area contributed by atoms with Gasteiger partial charge in [-0.2, -0.15) is 0 Å². The van der Waals surface area contributed by atoms with Crippen molar-refractivity contribution in [3.05, 3.63) is 104 Å². The molecule has 2 fully saturated rings. The fourth-order valence-corrected chi connectivity index (χ4v) is 6.79. The van der Waals surface area contributed by atoms with E-state index in [0.717, 1.165) is 34.1 Å². The molecule has 1 amide bonds. The number of halogens is 1. The van der Waals surface area contributed by atoms with E-state index in [-0.39, 0.29) is 29.3 Å². The van der Waals surface area contributed by atoms with E-state index in [1.807, 2.05) is 42.5 Å². The summed E-state index contributed by atoms with van der Waals surface area (Å²) in [5.41, 5.74) is 1.58. The van der Waals surface area contributed by atoms with Gasteiger partial charge < -0.3 is 5.32 Å². The van der Waals surface area contributed by atoms with Gasteiger partial charge in [0.1, 0.15) is 5.54 Å². The van der Waals surface area contributed by atoms with Gasteiger partial charge >= 0.3 is 0 Å². The summed E-state index contributed by atoms with van der Waals surface area (Å²) in [6.07, 6.45) is 1.71. The van der Waals surface area contributed by atoms with E-state index in [4.69, 9.17) is 0 Å². The van der Waals surface area contributed by atoms with E-state index in [1.165, 1.54) is 6.07 Å². The summed E-state index contributed by atoms with van der Waals surface area (Å²) in [6, 6.07) is 21.2. The van der Waals surface area contributed by atoms with Crippen LogP contribution in [0.1, 0.15) is 40.2 Å². The maximum absolute atomic E-state index is 14.4. The maximum atomic E-state index is 14.4. The van der Waals surface area contributed by atoms with Crippen LogP contribution in [-0.2, 0) is 10.3 Å². The number of non-ortho nitro benzene ring substituents is 1. The minimum Gasteiger partial charge on any atom is -0.324 e. The number of Topliss-reactive ketones (excluding diaryl/α,β-unsaturated/α-hetero) is 1. The van der Waals surface area contributed by atoms with Crippen molar-refractivity contribution in [3.8, 4) is 0 Å². The highest BCUT2D eigenvalue weighted by atomic mass is 79.9. The predicted molar refractivity (Wildman–Crippen MR) is 134 cm³/mol. The molecule has 0 aliphatic carbocycles. The number of nitrogens with one attached hydrogen (secondary N) is 1. The topological polar surface area (TPSA) is 92.5 Å². The average molecular weight is 532 g/mol.